The molecule has 0 spiro atoms. The molecule has 1 fully saturated rings. The van der Waals surface area contributed by atoms with Crippen LogP contribution in [0.1, 0.15) is 22.6 Å². The number of amides is 1. The smallest absolute Gasteiger partial charge is 0.272 e. The van der Waals surface area contributed by atoms with Gasteiger partial charge in [0.15, 0.2) is 5.82 Å². The van der Waals surface area contributed by atoms with Gasteiger partial charge in [0.25, 0.3) is 11.5 Å². The Morgan fingerprint density at radius 1 is 1.07 bits per heavy atom. The zero-order chi connectivity index (χ0) is 20.7. The van der Waals surface area contributed by atoms with Crippen molar-refractivity contribution in [2.45, 2.75) is 13.0 Å². The molecule has 0 saturated carbocycles. The van der Waals surface area contributed by atoms with Gasteiger partial charge in [-0.3, -0.25) is 23.5 Å². The summed E-state index contributed by atoms with van der Waals surface area (Å²) in [6.45, 7) is 3.70. The van der Waals surface area contributed by atoms with E-state index in [4.69, 9.17) is 0 Å². The number of nitrogens with zero attached hydrogens (tertiary/aromatic N) is 6. The monoisotopic (exact) mass is 422 g/mol. The van der Waals surface area contributed by atoms with E-state index in [0.29, 0.717) is 23.6 Å². The molecule has 0 aliphatic carbocycles. The summed E-state index contributed by atoms with van der Waals surface area (Å²) in [5.41, 5.74) is 1.54. The molecule has 1 saturated heterocycles. The summed E-state index contributed by atoms with van der Waals surface area (Å²) in [5, 5.41) is 10.6. The summed E-state index contributed by atoms with van der Waals surface area (Å²) in [6, 6.07) is 11.4. The molecule has 154 valence electrons. The predicted molar refractivity (Wildman–Crippen MR) is 116 cm³/mol. The van der Waals surface area contributed by atoms with Crippen LogP contribution in [0, 0.1) is 0 Å². The van der Waals surface area contributed by atoms with Crippen molar-refractivity contribution < 1.29 is 4.79 Å². The van der Waals surface area contributed by atoms with Gasteiger partial charge in [-0.15, -0.1) is 21.5 Å². The highest BCUT2D eigenvalue weighted by Gasteiger charge is 2.22. The molecule has 4 heterocycles. The molecule has 1 aliphatic rings. The van der Waals surface area contributed by atoms with Crippen LogP contribution in [0.4, 0.5) is 0 Å². The molecular formula is C21H22N6O2S. The third kappa shape index (κ3) is 3.20. The highest BCUT2D eigenvalue weighted by atomic mass is 32.1. The Morgan fingerprint density at radius 3 is 2.73 bits per heavy atom. The number of rotatable bonds is 3. The Hall–Kier alpha value is -3.04. The maximum absolute atomic E-state index is 12.8. The number of aromatic nitrogens is 4. The average molecular weight is 423 g/mol. The minimum Gasteiger partial charge on any atom is -0.337 e. The number of benzene rings is 1. The number of carbonyl (C=O) groups excluding carboxylic acids is 1. The topological polar surface area (TPSA) is 75.7 Å². The second-order valence-electron chi connectivity index (χ2n) is 7.54. The minimum absolute atomic E-state index is 0.0451. The molecule has 3 aromatic heterocycles. The Bertz CT molecular complexity index is 1280. The number of aryl methyl sites for hydroxylation is 1. The van der Waals surface area contributed by atoms with E-state index in [1.807, 2.05) is 51.1 Å². The Labute approximate surface area is 177 Å². The van der Waals surface area contributed by atoms with Crippen molar-refractivity contribution in [2.24, 2.45) is 7.05 Å². The summed E-state index contributed by atoms with van der Waals surface area (Å²) in [6.07, 6.45) is 0.904. The van der Waals surface area contributed by atoms with E-state index in [0.717, 1.165) is 43.0 Å². The van der Waals surface area contributed by atoms with Gasteiger partial charge in [0.2, 0.25) is 5.78 Å². The molecule has 5 rings (SSSR count). The van der Waals surface area contributed by atoms with E-state index in [-0.39, 0.29) is 11.5 Å². The first-order valence-electron chi connectivity index (χ1n) is 10.0. The summed E-state index contributed by atoms with van der Waals surface area (Å²) >= 11 is 1.44. The number of carbonyl (C=O) groups is 1. The van der Waals surface area contributed by atoms with Gasteiger partial charge in [-0.2, -0.15) is 0 Å². The van der Waals surface area contributed by atoms with E-state index in [9.17, 15) is 9.59 Å². The molecule has 1 aromatic carbocycles. The van der Waals surface area contributed by atoms with E-state index in [1.165, 1.54) is 11.3 Å². The van der Waals surface area contributed by atoms with Crippen LogP contribution in [0.2, 0.25) is 0 Å². The normalized spacial score (nSPS) is 15.7. The highest BCUT2D eigenvalue weighted by Crippen LogP contribution is 2.20. The molecule has 8 nitrogen and oxygen atoms in total. The van der Waals surface area contributed by atoms with Crippen LogP contribution in [0.5, 0.6) is 0 Å². The molecule has 1 aliphatic heterocycles. The summed E-state index contributed by atoms with van der Waals surface area (Å²) in [5.74, 6) is 1.45. The molecule has 0 bridgehead atoms. The van der Waals surface area contributed by atoms with Crippen molar-refractivity contribution in [2.75, 3.05) is 26.2 Å². The third-order valence-corrected chi connectivity index (χ3v) is 6.55. The summed E-state index contributed by atoms with van der Waals surface area (Å²) in [4.78, 5) is 29.5. The minimum atomic E-state index is -0.0451. The molecule has 30 heavy (non-hydrogen) atoms. The fraction of sp³-hybridized carbons (Fsp3) is 0.333. The van der Waals surface area contributed by atoms with Crippen LogP contribution < -0.4 is 5.56 Å². The fourth-order valence-electron chi connectivity index (χ4n) is 4.05. The lowest BCUT2D eigenvalue weighted by molar-refractivity contribution is 0.0761. The van der Waals surface area contributed by atoms with E-state index in [1.54, 1.807) is 11.6 Å². The first-order chi connectivity index (χ1) is 14.6. The molecule has 0 atom stereocenters. The quantitative estimate of drug-likeness (QED) is 0.505. The molecule has 1 amide bonds. The molecule has 4 aromatic rings. The molecule has 0 radical (unpaired) electrons. The number of hydrogen-bond donors (Lipinski definition) is 0. The first-order valence-corrected chi connectivity index (χ1v) is 10.9. The number of fused-ring (bicyclic) bond motifs is 3. The van der Waals surface area contributed by atoms with Crippen LogP contribution in [0.25, 0.3) is 16.0 Å². The van der Waals surface area contributed by atoms with Crippen LogP contribution in [-0.2, 0) is 13.6 Å². The Kier molecular flexibility index (Phi) is 4.84. The third-order valence-electron chi connectivity index (χ3n) is 5.66. The lowest BCUT2D eigenvalue weighted by atomic mass is 10.2. The van der Waals surface area contributed by atoms with Crippen LogP contribution in [0.15, 0.2) is 46.6 Å². The van der Waals surface area contributed by atoms with Crippen molar-refractivity contribution in [3.63, 3.8) is 0 Å². The second-order valence-corrected chi connectivity index (χ2v) is 8.45. The zero-order valence-electron chi connectivity index (χ0n) is 16.7. The molecular weight excluding hydrogens is 400 g/mol. The molecule has 0 unspecified atom stereocenters. The molecule has 9 heteroatoms. The van der Waals surface area contributed by atoms with Gasteiger partial charge >= 0.3 is 0 Å². The standard InChI is InChI=1S/C21H22N6O2S/c1-24-20(29)18-16(8-13-30-18)27-17(22-23-21(24)27)14-25-9-5-10-26(12-11-25)19(28)15-6-3-2-4-7-15/h2-4,6-8,13H,5,9-12,14H2,1H3. The first kappa shape index (κ1) is 19.0. The van der Waals surface area contributed by atoms with Crippen molar-refractivity contribution in [3.8, 4) is 0 Å². The Balaban J connectivity index is 1.38. The summed E-state index contributed by atoms with van der Waals surface area (Å²) in [7, 11) is 1.73. The maximum atomic E-state index is 12.8. The predicted octanol–water partition coefficient (Wildman–Crippen LogP) is 1.99. The summed E-state index contributed by atoms with van der Waals surface area (Å²) < 4.78 is 4.24. The van der Waals surface area contributed by atoms with Crippen molar-refractivity contribution in [1.29, 1.82) is 0 Å². The van der Waals surface area contributed by atoms with Crippen LogP contribution in [-0.4, -0.2) is 61.1 Å². The van der Waals surface area contributed by atoms with Gasteiger partial charge in [-0.1, -0.05) is 18.2 Å². The lowest BCUT2D eigenvalue weighted by Crippen LogP contribution is -2.35. The van der Waals surface area contributed by atoms with Gasteiger partial charge in [-0.25, -0.2) is 0 Å². The number of thiophene rings is 1. The Morgan fingerprint density at radius 2 is 1.90 bits per heavy atom. The zero-order valence-corrected chi connectivity index (χ0v) is 17.5. The SMILES string of the molecule is Cn1c(=O)c2sccc2n2c(CN3CCCN(C(=O)c4ccccc4)CC3)nnc12. The highest BCUT2D eigenvalue weighted by molar-refractivity contribution is 7.17. The van der Waals surface area contributed by atoms with Gasteiger partial charge in [-0.05, 0) is 30.0 Å². The van der Waals surface area contributed by atoms with E-state index < -0.39 is 0 Å². The van der Waals surface area contributed by atoms with Gasteiger partial charge in [0, 0.05) is 38.8 Å². The van der Waals surface area contributed by atoms with Crippen molar-refractivity contribution >= 4 is 33.2 Å². The fourth-order valence-corrected chi connectivity index (χ4v) is 4.90. The average Bonchev–Trinajstić information content (AvgIpc) is 3.35. The largest absolute Gasteiger partial charge is 0.337 e. The van der Waals surface area contributed by atoms with Crippen LogP contribution in [0.3, 0.4) is 0 Å². The van der Waals surface area contributed by atoms with E-state index >= 15 is 0 Å². The van der Waals surface area contributed by atoms with E-state index in [2.05, 4.69) is 15.1 Å². The van der Waals surface area contributed by atoms with Gasteiger partial charge in [0.1, 0.15) is 4.70 Å². The van der Waals surface area contributed by atoms with Crippen molar-refractivity contribution in [3.05, 3.63) is 63.5 Å². The second kappa shape index (κ2) is 7.66. The number of hydrogen-bond acceptors (Lipinski definition) is 6. The van der Waals surface area contributed by atoms with Crippen LogP contribution >= 0.6 is 11.3 Å². The van der Waals surface area contributed by atoms with Gasteiger partial charge in [0.05, 0.1) is 12.1 Å². The molecule has 0 N–H and O–H groups in total. The lowest BCUT2D eigenvalue weighted by Gasteiger charge is -2.21. The van der Waals surface area contributed by atoms with Gasteiger partial charge < -0.3 is 4.90 Å². The maximum Gasteiger partial charge on any atom is 0.272 e. The van der Waals surface area contributed by atoms with Crippen molar-refractivity contribution in [1.82, 2.24) is 29.0 Å².